The highest BCUT2D eigenvalue weighted by atomic mass is 29.1. The Balaban J connectivity index is 2.12. The van der Waals surface area contributed by atoms with Crippen molar-refractivity contribution in [3.05, 3.63) is 0 Å². The lowest BCUT2D eigenvalue weighted by Gasteiger charge is -1.98. The van der Waals surface area contributed by atoms with Crippen LogP contribution in [0.15, 0.2) is 0 Å². The van der Waals surface area contributed by atoms with Crippen molar-refractivity contribution >= 4 is 18.1 Å². The van der Waals surface area contributed by atoms with Crippen molar-refractivity contribution in [3.63, 3.8) is 0 Å². The molecule has 2 fully saturated rings. The van der Waals surface area contributed by atoms with Crippen LogP contribution >= 0.6 is 0 Å². The monoisotopic (exact) mass is 130 g/mol. The zero-order chi connectivity index (χ0) is 4.69. The molecule has 0 saturated carbocycles. The minimum Gasteiger partial charge on any atom is -0.384 e. The molecule has 0 aromatic heterocycles. The summed E-state index contributed by atoms with van der Waals surface area (Å²) in [6.07, 6.45) is 2.87. The van der Waals surface area contributed by atoms with Gasteiger partial charge in [0.15, 0.2) is 0 Å². The average Bonchev–Trinajstić information content (AvgIpc) is 2.22. The Bertz CT molecular complexity index is 67.8. The van der Waals surface area contributed by atoms with E-state index in [1.54, 1.807) is 0 Å². The fraction of sp³-hybridized carbons (Fsp3) is 1.00. The second kappa shape index (κ2) is 1.43. The van der Waals surface area contributed by atoms with E-state index in [9.17, 15) is 0 Å². The van der Waals surface area contributed by atoms with Gasteiger partial charge in [0.2, 0.25) is 0 Å². The summed E-state index contributed by atoms with van der Waals surface area (Å²) in [4.78, 5) is 0. The van der Waals surface area contributed by atoms with E-state index in [0.717, 1.165) is 11.5 Å². The van der Waals surface area contributed by atoms with Crippen LogP contribution < -0.4 is 0 Å². The predicted octanol–water partition coefficient (Wildman–Crippen LogP) is -1.28. The second-order valence-corrected chi connectivity index (χ2v) is 8.97. The molecule has 40 valence electrons. The number of hydrogen-bond donors (Lipinski definition) is 0. The molecular formula is C4H10OSi2. The Hall–Kier alpha value is 0.394. The molecule has 1 nitrogen and oxygen atoms in total. The first-order chi connectivity index (χ1) is 3.45. The smallest absolute Gasteiger partial charge is 0.0467 e. The normalized spacial score (nSPS) is 54.9. The molecule has 2 unspecified atom stereocenters. The summed E-state index contributed by atoms with van der Waals surface area (Å²) >= 11 is 0. The van der Waals surface area contributed by atoms with Crippen LogP contribution in [0.25, 0.3) is 0 Å². The molecule has 2 saturated heterocycles. The van der Waals surface area contributed by atoms with E-state index >= 15 is 0 Å². The van der Waals surface area contributed by atoms with Gasteiger partial charge in [-0.1, -0.05) is 0 Å². The Morgan fingerprint density at radius 1 is 1.14 bits per heavy atom. The van der Waals surface area contributed by atoms with Gasteiger partial charge in [-0.3, -0.25) is 0 Å². The predicted molar refractivity (Wildman–Crippen MR) is 35.0 cm³/mol. The number of rotatable bonds is 0. The highest BCUT2D eigenvalue weighted by Gasteiger charge is 2.32. The minimum absolute atomic E-state index is 0.424. The third-order valence-electron chi connectivity index (χ3n) is 2.01. The molecule has 0 aromatic carbocycles. The van der Waals surface area contributed by atoms with Gasteiger partial charge in [0.05, 0.1) is 0 Å². The van der Waals surface area contributed by atoms with E-state index in [-0.39, 0.29) is 0 Å². The summed E-state index contributed by atoms with van der Waals surface area (Å²) in [6.45, 7) is 0. The fourth-order valence-electron chi connectivity index (χ4n) is 1.58. The molecule has 0 N–H and O–H groups in total. The third-order valence-corrected chi connectivity index (χ3v) is 9.69. The van der Waals surface area contributed by atoms with E-state index in [1.165, 1.54) is 12.8 Å². The van der Waals surface area contributed by atoms with Gasteiger partial charge in [0.1, 0.15) is 0 Å². The number of ether oxygens (including phenoxy) is 1. The van der Waals surface area contributed by atoms with E-state index in [2.05, 4.69) is 0 Å². The molecule has 2 bridgehead atoms. The van der Waals surface area contributed by atoms with Crippen molar-refractivity contribution in [2.75, 3.05) is 0 Å². The molecule has 7 heavy (non-hydrogen) atoms. The molecule has 3 heteroatoms. The maximum absolute atomic E-state index is 5.60. The summed E-state index contributed by atoms with van der Waals surface area (Å²) in [5, 5.41) is 0. The molecule has 0 aromatic rings. The van der Waals surface area contributed by atoms with Crippen molar-refractivity contribution in [3.8, 4) is 0 Å². The fourth-order valence-corrected chi connectivity index (χ4v) is 9.24. The van der Waals surface area contributed by atoms with Crippen molar-refractivity contribution in [2.45, 2.75) is 24.3 Å². The lowest BCUT2D eigenvalue weighted by atomic mass is 10.4. The third kappa shape index (κ3) is 0.596. The van der Waals surface area contributed by atoms with Crippen molar-refractivity contribution in [2.24, 2.45) is 0 Å². The van der Waals surface area contributed by atoms with E-state index in [4.69, 9.17) is 4.74 Å². The van der Waals surface area contributed by atoms with Gasteiger partial charge in [-0.2, -0.15) is 0 Å². The average molecular weight is 130 g/mol. The minimum atomic E-state index is 0.424. The topological polar surface area (TPSA) is 9.23 Å². The molecule has 2 aliphatic heterocycles. The summed E-state index contributed by atoms with van der Waals surface area (Å²) in [5.74, 6) is 0. The second-order valence-electron chi connectivity index (χ2n) is 2.53. The van der Waals surface area contributed by atoms with E-state index in [0.29, 0.717) is 18.1 Å². The van der Waals surface area contributed by atoms with Crippen LogP contribution in [0.4, 0.5) is 0 Å². The maximum Gasteiger partial charge on any atom is 0.0467 e. The van der Waals surface area contributed by atoms with Gasteiger partial charge in [0.25, 0.3) is 0 Å². The van der Waals surface area contributed by atoms with Crippen LogP contribution in [-0.2, 0) is 4.74 Å². The summed E-state index contributed by atoms with van der Waals surface area (Å²) in [6, 6.07) is 0. The molecule has 2 aliphatic rings. The van der Waals surface area contributed by atoms with Crippen molar-refractivity contribution in [1.29, 1.82) is 0 Å². The summed E-state index contributed by atoms with van der Waals surface area (Å²) in [7, 11) is 0.847. The Labute approximate surface area is 47.9 Å². The van der Waals surface area contributed by atoms with Crippen molar-refractivity contribution in [1.82, 2.24) is 0 Å². The Morgan fingerprint density at radius 2 is 1.71 bits per heavy atom. The summed E-state index contributed by atoms with van der Waals surface area (Å²) in [5.41, 5.74) is 1.74. The summed E-state index contributed by atoms with van der Waals surface area (Å²) < 4.78 is 5.60. The molecule has 0 spiro atoms. The molecule has 2 rings (SSSR count). The van der Waals surface area contributed by atoms with Crippen LogP contribution in [0, 0.1) is 0 Å². The SMILES string of the molecule is C1CC2OC1[SiH2][SiH2]2. The molecule has 0 aliphatic carbocycles. The quantitative estimate of drug-likeness (QED) is 0.371. The maximum atomic E-state index is 5.60. The highest BCUT2D eigenvalue weighted by molar-refractivity contribution is 7.03. The van der Waals surface area contributed by atoms with Crippen LogP contribution in [0.3, 0.4) is 0 Å². The van der Waals surface area contributed by atoms with Crippen LogP contribution in [0.2, 0.25) is 0 Å². The number of fused-ring (bicyclic) bond motifs is 2. The standard InChI is InChI=1S/C4H10OSi2/c1-2-4-5-3(1)6-7-4/h3-4H,1-2,6-7H2. The molecule has 2 atom stereocenters. The molecular weight excluding hydrogens is 120 g/mol. The van der Waals surface area contributed by atoms with Crippen molar-refractivity contribution < 1.29 is 4.74 Å². The van der Waals surface area contributed by atoms with Gasteiger partial charge < -0.3 is 4.74 Å². The lowest BCUT2D eigenvalue weighted by molar-refractivity contribution is 0.148. The largest absolute Gasteiger partial charge is 0.384 e. The first kappa shape index (κ1) is 4.29. The molecule has 0 amide bonds. The van der Waals surface area contributed by atoms with Crippen LogP contribution in [0.5, 0.6) is 0 Å². The van der Waals surface area contributed by atoms with E-state index < -0.39 is 0 Å². The van der Waals surface area contributed by atoms with Gasteiger partial charge in [-0.25, -0.2) is 0 Å². The highest BCUT2D eigenvalue weighted by Crippen LogP contribution is 2.22. The van der Waals surface area contributed by atoms with Crippen LogP contribution in [0.1, 0.15) is 12.8 Å². The van der Waals surface area contributed by atoms with Gasteiger partial charge >= 0.3 is 0 Å². The lowest BCUT2D eigenvalue weighted by Crippen LogP contribution is -2.19. The first-order valence-electron chi connectivity index (χ1n) is 3.10. The van der Waals surface area contributed by atoms with Gasteiger partial charge in [-0.15, -0.1) is 0 Å². The number of hydrogen-bond acceptors (Lipinski definition) is 1. The Morgan fingerprint density at radius 3 is 1.86 bits per heavy atom. The Kier molecular flexibility index (Phi) is 0.878. The van der Waals surface area contributed by atoms with Gasteiger partial charge in [-0.05, 0) is 12.8 Å². The van der Waals surface area contributed by atoms with E-state index in [1.807, 2.05) is 0 Å². The van der Waals surface area contributed by atoms with Crippen LogP contribution in [-0.4, -0.2) is 29.5 Å². The zero-order valence-corrected chi connectivity index (χ0v) is 7.22. The molecule has 2 heterocycles. The molecule has 0 radical (unpaired) electrons. The zero-order valence-electron chi connectivity index (χ0n) is 4.39. The first-order valence-corrected chi connectivity index (χ1v) is 8.74. The van der Waals surface area contributed by atoms with Gasteiger partial charge in [0, 0.05) is 29.5 Å².